The third-order valence-corrected chi connectivity index (χ3v) is 24.6. The molecule has 14 aromatic heterocycles. The first kappa shape index (κ1) is 108. The van der Waals surface area contributed by atoms with Crippen LogP contribution < -0.4 is 0 Å². The van der Waals surface area contributed by atoms with Crippen molar-refractivity contribution < 1.29 is 118 Å². The molecular formula is C131H86Ir5N9O4S-9. The van der Waals surface area contributed by atoms with E-state index in [1.165, 1.54) is 31.3 Å². The van der Waals surface area contributed by atoms with Crippen LogP contribution in [0.5, 0.6) is 0 Å². The monoisotopic (exact) mass is 2850 g/mol. The van der Waals surface area contributed by atoms with Gasteiger partial charge in [-0.05, 0) is 159 Å². The van der Waals surface area contributed by atoms with Crippen LogP contribution in [0.2, 0.25) is 0 Å². The average molecular weight is 2840 g/mol. The van der Waals surface area contributed by atoms with Gasteiger partial charge in [0.05, 0.1) is 22.3 Å². The molecule has 150 heavy (non-hydrogen) atoms. The Bertz CT molecular complexity index is 7970. The summed E-state index contributed by atoms with van der Waals surface area (Å²) >= 11 is 1.81. The molecule has 0 amide bonds. The molecule has 28 rings (SSSR count). The van der Waals surface area contributed by atoms with E-state index in [2.05, 4.69) is 166 Å². The summed E-state index contributed by atoms with van der Waals surface area (Å²) in [5, 5.41) is 11.5. The molecular weight excluding hydrogens is 2760 g/mol. The minimum Gasteiger partial charge on any atom is -0.501 e. The van der Waals surface area contributed by atoms with Crippen LogP contribution >= 0.6 is 11.3 Å². The van der Waals surface area contributed by atoms with Crippen LogP contribution in [0.3, 0.4) is 0 Å². The maximum absolute atomic E-state index is 5.97. The number of fused-ring (bicyclic) bond motifs is 15. The van der Waals surface area contributed by atoms with Gasteiger partial charge in [0, 0.05) is 183 Å². The molecule has 0 atom stereocenters. The summed E-state index contributed by atoms with van der Waals surface area (Å²) in [6, 6.07) is 170. The molecule has 0 saturated heterocycles. The first-order valence-electron chi connectivity index (χ1n) is 47.0. The predicted octanol–water partition coefficient (Wildman–Crippen LogP) is 33.5. The van der Waals surface area contributed by atoms with Crippen LogP contribution in [-0.2, 0) is 101 Å². The quantitative estimate of drug-likeness (QED) is 0.125. The second-order valence-electron chi connectivity index (χ2n) is 33.0. The number of furan rings is 4. The zero-order chi connectivity index (χ0) is 97.9. The molecule has 0 spiro atoms. The number of aromatic nitrogens is 9. The summed E-state index contributed by atoms with van der Waals surface area (Å²) in [6.07, 6.45) is 16.3. The summed E-state index contributed by atoms with van der Waals surface area (Å²) in [5.41, 5.74) is 26.7. The van der Waals surface area contributed by atoms with E-state index < -0.39 is 0 Å². The molecule has 0 unspecified atom stereocenters. The Labute approximate surface area is 940 Å². The van der Waals surface area contributed by atoms with Gasteiger partial charge >= 0.3 is 0 Å². The number of nitrogens with zero attached hydrogens (tertiary/aromatic N) is 9. The van der Waals surface area contributed by atoms with Crippen molar-refractivity contribution in [1.82, 2.24) is 44.9 Å². The normalized spacial score (nSPS) is 10.3. The molecule has 19 heteroatoms. The maximum Gasteiger partial charge on any atom is 0.120 e. The van der Waals surface area contributed by atoms with Crippen LogP contribution in [0.25, 0.3) is 209 Å². The molecule has 0 bridgehead atoms. The molecule has 5 radical (unpaired) electrons. The Kier molecular flexibility index (Phi) is 39.1. The minimum atomic E-state index is 0. The summed E-state index contributed by atoms with van der Waals surface area (Å²) in [7, 11) is 0. The van der Waals surface area contributed by atoms with Gasteiger partial charge in [-0.25, -0.2) is 0 Å². The third kappa shape index (κ3) is 26.4. The number of pyridine rings is 9. The van der Waals surface area contributed by atoms with Gasteiger partial charge in [0.25, 0.3) is 0 Å². The molecule has 0 aliphatic carbocycles. The van der Waals surface area contributed by atoms with E-state index in [9.17, 15) is 0 Å². The Hall–Kier alpha value is -15.9. The van der Waals surface area contributed by atoms with Gasteiger partial charge in [-0.15, -0.1) is 240 Å². The predicted molar refractivity (Wildman–Crippen MR) is 588 cm³/mol. The van der Waals surface area contributed by atoms with E-state index in [0.717, 1.165) is 189 Å². The van der Waals surface area contributed by atoms with Gasteiger partial charge in [0.2, 0.25) is 0 Å². The maximum atomic E-state index is 5.97. The van der Waals surface area contributed by atoms with Gasteiger partial charge in [0.1, 0.15) is 22.3 Å². The molecule has 0 N–H and O–H groups in total. The summed E-state index contributed by atoms with van der Waals surface area (Å²) in [4.78, 5) is 39.0. The summed E-state index contributed by atoms with van der Waals surface area (Å²) in [6.45, 7) is 4.07. The average Bonchev–Trinajstić information content (AvgIpc) is 1.62. The Morgan fingerprint density at radius 2 is 0.413 bits per heavy atom. The van der Waals surface area contributed by atoms with Crippen LogP contribution in [-0.4, -0.2) is 44.9 Å². The summed E-state index contributed by atoms with van der Waals surface area (Å²) in [5.74, 6) is 0. The van der Waals surface area contributed by atoms with Crippen LogP contribution in [0.1, 0.15) is 11.1 Å². The number of aryl methyl sites for hydroxylation is 2. The number of thiophene rings is 1. The van der Waals surface area contributed by atoms with E-state index in [-0.39, 0.29) is 101 Å². The molecule has 28 aromatic rings. The van der Waals surface area contributed by atoms with E-state index >= 15 is 0 Å². The van der Waals surface area contributed by atoms with Crippen LogP contribution in [0.15, 0.2) is 504 Å². The van der Waals surface area contributed by atoms with Crippen LogP contribution in [0, 0.1) is 68.4 Å². The van der Waals surface area contributed by atoms with Gasteiger partial charge in [-0.2, -0.15) is 11.3 Å². The molecule has 0 aliphatic rings. The fraction of sp³-hybridized carbons (Fsp3) is 0.0153. The second kappa shape index (κ2) is 54.2. The molecule has 0 saturated carbocycles. The fourth-order valence-electron chi connectivity index (χ4n) is 16.5. The zero-order valence-corrected chi connectivity index (χ0v) is 93.2. The first-order chi connectivity index (χ1) is 71.8. The van der Waals surface area contributed by atoms with E-state index in [1.807, 2.05) is 408 Å². The number of hydrogen-bond acceptors (Lipinski definition) is 14. The minimum absolute atomic E-state index is 0. The molecule has 0 aliphatic heterocycles. The SMILES string of the molecule is Cc1ccc(-c2[c-]cccc2)nc1.Cc1ccc(-c2[c-]cccc2)nc1.[Ir].[Ir].[Ir].[Ir].[Ir].[c-]1ccc2c(oc3ccccc32)c1-c1ccccn1.[c-]1ccc2c(oc3ccccc32)c1-c1ccccn1.[c-]1ccc2c(oc3ccccc32)c1-c1ccccn1.[c-]1ccc2c(oc3ccccc32)c1-c1ccccn1.[c-]1ccc2c(sc3ccccc32)c1-c1ccccn1.[c-]1ccccc1-c1ccccn1.[c-]1ccccc1-c1ccccn1. The smallest absolute Gasteiger partial charge is 0.120 e. The van der Waals surface area contributed by atoms with E-state index in [1.54, 1.807) is 37.2 Å². The van der Waals surface area contributed by atoms with Crippen molar-refractivity contribution in [3.63, 3.8) is 0 Å². The van der Waals surface area contributed by atoms with Crippen molar-refractivity contribution in [2.24, 2.45) is 0 Å². The standard InChI is InChI=1S/4C17H10NO.C17H10NS.2C12H10N.2C11H8N.5Ir/c5*1-2-10-16-12(6-1)13-7-5-8-14(17(13)19-16)15-9-3-4-11-18-15;2*1-10-7-8-12(13-9-10)11-5-3-2-4-6-11;2*1-2-6-10(7-3-1)11-8-4-5-9-12-11;;;;;/h5*1-7,9-11H;2*2-5,7-9H,1H3;2*1-6,8-9H;;;;;/q9*-1;;;;;. The molecule has 13 nitrogen and oxygen atoms in total. The van der Waals surface area contributed by atoms with Crippen molar-refractivity contribution in [1.29, 1.82) is 0 Å². The van der Waals surface area contributed by atoms with Gasteiger partial charge < -0.3 is 62.5 Å². The van der Waals surface area contributed by atoms with Crippen molar-refractivity contribution in [2.45, 2.75) is 13.8 Å². The fourth-order valence-corrected chi connectivity index (χ4v) is 17.7. The Morgan fingerprint density at radius 3 is 0.673 bits per heavy atom. The topological polar surface area (TPSA) is 169 Å². The number of benzene rings is 14. The summed E-state index contributed by atoms with van der Waals surface area (Å²) < 4.78 is 26.4. The van der Waals surface area contributed by atoms with Crippen molar-refractivity contribution in [2.75, 3.05) is 0 Å². The Morgan fingerprint density at radius 1 is 0.180 bits per heavy atom. The van der Waals surface area contributed by atoms with E-state index in [0.29, 0.717) is 0 Å². The van der Waals surface area contributed by atoms with Gasteiger partial charge in [0.15, 0.2) is 0 Å². The number of rotatable bonds is 9. The molecule has 14 heterocycles. The molecule has 739 valence electrons. The van der Waals surface area contributed by atoms with Crippen molar-refractivity contribution >= 4 is 119 Å². The van der Waals surface area contributed by atoms with Gasteiger partial charge in [-0.1, -0.05) is 249 Å². The van der Waals surface area contributed by atoms with Crippen molar-refractivity contribution in [3.8, 4) is 101 Å². The largest absolute Gasteiger partial charge is 0.501 e. The molecule has 14 aromatic carbocycles. The molecule has 0 fully saturated rings. The number of para-hydroxylation sites is 4. The van der Waals surface area contributed by atoms with E-state index in [4.69, 9.17) is 17.7 Å². The Balaban J connectivity index is 0.000000126. The first-order valence-corrected chi connectivity index (χ1v) is 47.9. The number of hydrogen-bond donors (Lipinski definition) is 0. The zero-order valence-electron chi connectivity index (χ0n) is 80.4. The van der Waals surface area contributed by atoms with Crippen molar-refractivity contribution in [3.05, 3.63) is 552 Å². The van der Waals surface area contributed by atoms with Gasteiger partial charge in [-0.3, -0.25) is 0 Å². The second-order valence-corrected chi connectivity index (χ2v) is 34.1. The van der Waals surface area contributed by atoms with Crippen LogP contribution in [0.4, 0.5) is 0 Å². The third-order valence-electron chi connectivity index (χ3n) is 23.4.